The molecule has 6 nitrogen and oxygen atoms in total. The van der Waals surface area contributed by atoms with Gasteiger partial charge in [0.15, 0.2) is 0 Å². The first-order valence-electron chi connectivity index (χ1n) is 10.6. The van der Waals surface area contributed by atoms with Crippen molar-refractivity contribution < 1.29 is 13.5 Å². The minimum atomic E-state index is -0.660. The lowest BCUT2D eigenvalue weighted by molar-refractivity contribution is 0.399. The third-order valence-corrected chi connectivity index (χ3v) is 6.16. The van der Waals surface area contributed by atoms with E-state index in [4.69, 9.17) is 27.1 Å². The van der Waals surface area contributed by atoms with E-state index in [9.17, 15) is 8.78 Å². The summed E-state index contributed by atoms with van der Waals surface area (Å²) in [6.07, 6.45) is 3.16. The number of piperidine rings is 1. The van der Waals surface area contributed by atoms with Crippen LogP contribution in [0.1, 0.15) is 12.8 Å². The number of fused-ring (bicyclic) bond motifs is 1. The van der Waals surface area contributed by atoms with Crippen molar-refractivity contribution in [3.8, 4) is 28.4 Å². The second-order valence-corrected chi connectivity index (χ2v) is 8.57. The maximum absolute atomic E-state index is 14.1. The van der Waals surface area contributed by atoms with Crippen LogP contribution in [0, 0.1) is 11.6 Å². The minimum absolute atomic E-state index is 0.108. The number of anilines is 1. The summed E-state index contributed by atoms with van der Waals surface area (Å²) in [6.45, 7) is 1.36. The van der Waals surface area contributed by atoms with Gasteiger partial charge in [0.25, 0.3) is 0 Å². The Labute approximate surface area is 194 Å². The topological polar surface area (TPSA) is 80.1 Å². The highest BCUT2D eigenvalue weighted by molar-refractivity contribution is 6.31. The number of aromatic nitrogens is 3. The fraction of sp³-hybridized carbons (Fsp3) is 0.250. The number of ether oxygens (including phenoxy) is 1. The minimum Gasteiger partial charge on any atom is -0.480 e. The Morgan fingerprint density at radius 1 is 1.12 bits per heavy atom. The van der Waals surface area contributed by atoms with Gasteiger partial charge in [-0.05, 0) is 48.7 Å². The van der Waals surface area contributed by atoms with Crippen molar-refractivity contribution >= 4 is 28.3 Å². The number of aromatic amines is 1. The monoisotopic (exact) mass is 469 g/mol. The lowest BCUT2D eigenvalue weighted by Gasteiger charge is -2.34. The lowest BCUT2D eigenvalue weighted by atomic mass is 9.98. The zero-order chi connectivity index (χ0) is 23.1. The molecule has 1 aliphatic rings. The fourth-order valence-electron chi connectivity index (χ4n) is 4.33. The number of nitrogens with two attached hydrogens (primary N) is 1. The molecule has 33 heavy (non-hydrogen) atoms. The third kappa shape index (κ3) is 4.12. The summed E-state index contributed by atoms with van der Waals surface area (Å²) in [5.74, 6) is -0.439. The van der Waals surface area contributed by atoms with Crippen LogP contribution in [-0.4, -0.2) is 41.2 Å². The Morgan fingerprint density at radius 2 is 1.85 bits per heavy atom. The second kappa shape index (κ2) is 8.61. The third-order valence-electron chi connectivity index (χ3n) is 5.92. The summed E-state index contributed by atoms with van der Waals surface area (Å²) in [5, 5.41) is 0.581. The molecule has 1 saturated heterocycles. The molecular formula is C24H22ClF2N5O. The van der Waals surface area contributed by atoms with Crippen LogP contribution in [-0.2, 0) is 0 Å². The first-order chi connectivity index (χ1) is 15.9. The Balaban J connectivity index is 1.78. The molecule has 1 fully saturated rings. The number of H-pyrrole nitrogens is 1. The van der Waals surface area contributed by atoms with E-state index in [0.29, 0.717) is 46.5 Å². The van der Waals surface area contributed by atoms with Crippen LogP contribution in [0.25, 0.3) is 33.5 Å². The van der Waals surface area contributed by atoms with E-state index in [0.717, 1.165) is 35.6 Å². The van der Waals surface area contributed by atoms with Gasteiger partial charge in [-0.25, -0.2) is 18.7 Å². The smallest absolute Gasteiger partial charge is 0.226 e. The van der Waals surface area contributed by atoms with Gasteiger partial charge in [-0.15, -0.1) is 0 Å². The van der Waals surface area contributed by atoms with Crippen LogP contribution in [0.15, 0.2) is 42.6 Å². The molecule has 2 aromatic heterocycles. The number of halogens is 3. The van der Waals surface area contributed by atoms with E-state index in [1.807, 2.05) is 6.07 Å². The number of methoxy groups -OCH3 is 1. The van der Waals surface area contributed by atoms with Crippen molar-refractivity contribution in [1.82, 2.24) is 15.0 Å². The molecule has 0 unspecified atom stereocenters. The molecule has 0 radical (unpaired) electrons. The number of nitrogens with zero attached hydrogens (tertiary/aromatic N) is 3. The molecule has 9 heteroatoms. The normalized spacial score (nSPS) is 14.8. The standard InChI is InChI=1S/C24H22ClF2N5O/c1-33-24-21(23-30-19-3-2-14(25)10-20(19)31-23)22(32-6-4-17(28)5-7-32)18(12-29-24)13-8-15(26)11-16(27)9-13/h2-3,8-12,17H,4-7,28H2,1H3,(H,30,31). The maximum atomic E-state index is 14.1. The summed E-state index contributed by atoms with van der Waals surface area (Å²) in [6, 6.07) is 8.94. The predicted octanol–water partition coefficient (Wildman–Crippen LogP) is 5.16. The largest absolute Gasteiger partial charge is 0.480 e. The molecule has 4 aromatic rings. The molecule has 3 heterocycles. The van der Waals surface area contributed by atoms with Gasteiger partial charge in [0.1, 0.15) is 23.0 Å². The molecule has 1 aliphatic heterocycles. The molecule has 2 aromatic carbocycles. The van der Waals surface area contributed by atoms with E-state index in [2.05, 4.69) is 14.9 Å². The number of benzene rings is 2. The molecule has 5 rings (SSSR count). The van der Waals surface area contributed by atoms with Gasteiger partial charge >= 0.3 is 0 Å². The van der Waals surface area contributed by atoms with Gasteiger partial charge in [0.05, 0.1) is 23.8 Å². The zero-order valence-corrected chi connectivity index (χ0v) is 18.7. The summed E-state index contributed by atoms with van der Waals surface area (Å²) >= 11 is 6.16. The number of hydrogen-bond donors (Lipinski definition) is 2. The van der Waals surface area contributed by atoms with Crippen LogP contribution in [0.4, 0.5) is 14.5 Å². The average Bonchev–Trinajstić information content (AvgIpc) is 3.20. The van der Waals surface area contributed by atoms with Gasteiger partial charge in [-0.3, -0.25) is 0 Å². The Bertz CT molecular complexity index is 1310. The Kier molecular flexibility index (Phi) is 5.64. The van der Waals surface area contributed by atoms with E-state index in [-0.39, 0.29) is 6.04 Å². The molecule has 0 atom stereocenters. The SMILES string of the molecule is COc1ncc(-c2cc(F)cc(F)c2)c(N2CCC(N)CC2)c1-c1nc2ccc(Cl)cc2[nH]1. The maximum Gasteiger partial charge on any atom is 0.226 e. The zero-order valence-electron chi connectivity index (χ0n) is 17.9. The van der Waals surface area contributed by atoms with Crippen LogP contribution in [0.2, 0.25) is 5.02 Å². The fourth-order valence-corrected chi connectivity index (χ4v) is 4.50. The summed E-state index contributed by atoms with van der Waals surface area (Å²) in [5.41, 5.74) is 9.94. The highest BCUT2D eigenvalue weighted by atomic mass is 35.5. The summed E-state index contributed by atoms with van der Waals surface area (Å²) in [4.78, 5) is 14.7. The highest BCUT2D eigenvalue weighted by Gasteiger charge is 2.28. The van der Waals surface area contributed by atoms with E-state index in [1.54, 1.807) is 18.3 Å². The molecule has 3 N–H and O–H groups in total. The van der Waals surface area contributed by atoms with E-state index >= 15 is 0 Å². The van der Waals surface area contributed by atoms with Gasteiger partial charge in [0, 0.05) is 42.0 Å². The predicted molar refractivity (Wildman–Crippen MR) is 126 cm³/mol. The van der Waals surface area contributed by atoms with Gasteiger partial charge in [0.2, 0.25) is 5.88 Å². The van der Waals surface area contributed by atoms with E-state index in [1.165, 1.54) is 19.2 Å². The van der Waals surface area contributed by atoms with Gasteiger partial charge in [-0.2, -0.15) is 0 Å². The number of pyridine rings is 1. The summed E-state index contributed by atoms with van der Waals surface area (Å²) < 4.78 is 33.9. The summed E-state index contributed by atoms with van der Waals surface area (Å²) in [7, 11) is 1.53. The van der Waals surface area contributed by atoms with Gasteiger partial charge in [-0.1, -0.05) is 11.6 Å². The average molecular weight is 470 g/mol. The van der Waals surface area contributed by atoms with Crippen molar-refractivity contribution in [3.05, 3.63) is 59.3 Å². The molecule has 0 amide bonds. The molecule has 0 aliphatic carbocycles. The Hall–Kier alpha value is -3.23. The first-order valence-corrected chi connectivity index (χ1v) is 11.0. The van der Waals surface area contributed by atoms with Crippen molar-refractivity contribution in [2.45, 2.75) is 18.9 Å². The van der Waals surface area contributed by atoms with Crippen LogP contribution < -0.4 is 15.4 Å². The lowest BCUT2D eigenvalue weighted by Crippen LogP contribution is -2.40. The number of hydrogen-bond acceptors (Lipinski definition) is 5. The molecule has 0 bridgehead atoms. The van der Waals surface area contributed by atoms with Crippen LogP contribution in [0.3, 0.4) is 0 Å². The molecule has 0 spiro atoms. The van der Waals surface area contributed by atoms with Crippen LogP contribution in [0.5, 0.6) is 5.88 Å². The number of rotatable bonds is 4. The van der Waals surface area contributed by atoms with Crippen molar-refractivity contribution in [1.29, 1.82) is 0 Å². The second-order valence-electron chi connectivity index (χ2n) is 8.13. The first kappa shape index (κ1) is 21.6. The number of nitrogens with one attached hydrogen (secondary N) is 1. The van der Waals surface area contributed by atoms with Crippen molar-refractivity contribution in [3.63, 3.8) is 0 Å². The van der Waals surface area contributed by atoms with Crippen molar-refractivity contribution in [2.24, 2.45) is 5.73 Å². The van der Waals surface area contributed by atoms with E-state index < -0.39 is 11.6 Å². The van der Waals surface area contributed by atoms with Gasteiger partial charge < -0.3 is 20.4 Å². The molecule has 170 valence electrons. The quantitative estimate of drug-likeness (QED) is 0.431. The van der Waals surface area contributed by atoms with Crippen molar-refractivity contribution in [2.75, 3.05) is 25.1 Å². The van der Waals surface area contributed by atoms with Crippen LogP contribution >= 0.6 is 11.6 Å². The Morgan fingerprint density at radius 3 is 2.55 bits per heavy atom. The molecule has 0 saturated carbocycles. The molecular weight excluding hydrogens is 448 g/mol. The highest BCUT2D eigenvalue weighted by Crippen LogP contribution is 2.44. The number of imidazole rings is 1.